The molecular formula is C32H37Cl3SiTi. The summed E-state index contributed by atoms with van der Waals surface area (Å²) in [4.78, 5) is 0. The minimum Gasteiger partial charge on any atom is -1.00 e. The summed E-state index contributed by atoms with van der Waals surface area (Å²) in [5.41, 5.74) is 11.1. The fourth-order valence-corrected chi connectivity index (χ4v) is 13.2. The molecule has 3 aromatic carbocycles. The number of benzene rings is 3. The van der Waals surface area contributed by atoms with Crippen molar-refractivity contribution in [1.82, 2.24) is 0 Å². The summed E-state index contributed by atoms with van der Waals surface area (Å²) >= 11 is 2.35. The Bertz CT molecular complexity index is 1180. The van der Waals surface area contributed by atoms with Gasteiger partial charge in [0.05, 0.1) is 0 Å². The molecule has 5 heteroatoms. The summed E-state index contributed by atoms with van der Waals surface area (Å²) in [6, 6.07) is 21.9. The predicted octanol–water partition coefficient (Wildman–Crippen LogP) is -2.65. The molecule has 1 unspecified atom stereocenters. The Hall–Kier alpha value is -1.06. The summed E-state index contributed by atoms with van der Waals surface area (Å²) in [5, 5.41) is 6.22. The zero-order chi connectivity index (χ0) is 24.9. The van der Waals surface area contributed by atoms with Gasteiger partial charge in [0.2, 0.25) is 0 Å². The van der Waals surface area contributed by atoms with Crippen molar-refractivity contribution in [2.75, 3.05) is 0 Å². The van der Waals surface area contributed by atoms with Crippen LogP contribution in [0.2, 0.25) is 0 Å². The van der Waals surface area contributed by atoms with Gasteiger partial charge in [0.15, 0.2) is 0 Å². The Labute approximate surface area is 256 Å². The molecule has 0 bridgehead atoms. The van der Waals surface area contributed by atoms with Crippen molar-refractivity contribution in [3.05, 3.63) is 108 Å². The predicted molar refractivity (Wildman–Crippen MR) is 147 cm³/mol. The van der Waals surface area contributed by atoms with Crippen LogP contribution >= 0.6 is 0 Å². The van der Waals surface area contributed by atoms with E-state index in [4.69, 9.17) is 0 Å². The SMILES string of the molecule is CC1=[C]([Ti+3])C(C)C([Si](c2cc(C)cc(C)c2)(c2cc(C)cc(C)c2)c2cc(C)cc(C)c2)=C1C.[Cl-].[Cl-].[Cl-]. The van der Waals surface area contributed by atoms with Gasteiger partial charge in [-0.2, -0.15) is 0 Å². The van der Waals surface area contributed by atoms with Gasteiger partial charge in [-0.05, 0) is 0 Å². The van der Waals surface area contributed by atoms with E-state index in [0.717, 1.165) is 0 Å². The van der Waals surface area contributed by atoms with Gasteiger partial charge in [0.25, 0.3) is 0 Å². The van der Waals surface area contributed by atoms with E-state index in [9.17, 15) is 0 Å². The molecule has 37 heavy (non-hydrogen) atoms. The number of hydrogen-bond acceptors (Lipinski definition) is 0. The van der Waals surface area contributed by atoms with Crippen molar-refractivity contribution in [3.8, 4) is 0 Å². The zero-order valence-corrected chi connectivity index (χ0v) is 28.2. The molecule has 0 aromatic heterocycles. The second-order valence-corrected chi connectivity index (χ2v) is 15.3. The van der Waals surface area contributed by atoms with Gasteiger partial charge < -0.3 is 37.2 Å². The second-order valence-electron chi connectivity index (χ2n) is 10.7. The first kappa shape index (κ1) is 34.0. The van der Waals surface area contributed by atoms with Crippen molar-refractivity contribution in [2.24, 2.45) is 5.92 Å². The fraction of sp³-hybridized carbons (Fsp3) is 0.312. The van der Waals surface area contributed by atoms with Gasteiger partial charge in [0, 0.05) is 0 Å². The van der Waals surface area contributed by atoms with Gasteiger partial charge in [-0.1, -0.05) is 0 Å². The molecule has 1 aliphatic rings. The van der Waals surface area contributed by atoms with Crippen LogP contribution in [0.5, 0.6) is 0 Å². The summed E-state index contributed by atoms with van der Waals surface area (Å²) in [6.45, 7) is 20.7. The number of hydrogen-bond donors (Lipinski definition) is 0. The molecule has 0 aliphatic heterocycles. The van der Waals surface area contributed by atoms with Crippen LogP contribution in [0.4, 0.5) is 0 Å². The molecule has 4 rings (SSSR count). The minimum absolute atomic E-state index is 0. The number of allylic oxidation sites excluding steroid dienone is 4. The molecule has 0 spiro atoms. The quantitative estimate of drug-likeness (QED) is 0.226. The maximum absolute atomic E-state index is 2.55. The molecule has 1 aliphatic carbocycles. The average Bonchev–Trinajstić information content (AvgIpc) is 2.91. The van der Waals surface area contributed by atoms with Crippen LogP contribution < -0.4 is 52.8 Å². The maximum Gasteiger partial charge on any atom is -1.00 e. The van der Waals surface area contributed by atoms with Crippen LogP contribution in [-0.2, 0) is 20.4 Å². The molecule has 0 fully saturated rings. The third-order valence-corrected chi connectivity index (χ3v) is 13.9. The van der Waals surface area contributed by atoms with Gasteiger partial charge in [-0.25, -0.2) is 0 Å². The molecule has 0 radical (unpaired) electrons. The summed E-state index contributed by atoms with van der Waals surface area (Å²) < 4.78 is 1.53. The van der Waals surface area contributed by atoms with E-state index in [1.54, 1.807) is 5.20 Å². The molecule has 0 N–H and O–H groups in total. The Morgan fingerprint density at radius 1 is 0.486 bits per heavy atom. The first-order valence-electron chi connectivity index (χ1n) is 12.4. The molecule has 0 nitrogen and oxygen atoms in total. The first-order valence-corrected chi connectivity index (χ1v) is 15.1. The Balaban J connectivity index is 0.00000228. The topological polar surface area (TPSA) is 0 Å². The molecule has 0 heterocycles. The van der Waals surface area contributed by atoms with E-state index in [0.29, 0.717) is 5.92 Å². The van der Waals surface area contributed by atoms with E-state index in [1.165, 1.54) is 64.0 Å². The molecule has 0 amide bonds. The van der Waals surface area contributed by atoms with Crippen molar-refractivity contribution in [3.63, 3.8) is 0 Å². The second kappa shape index (κ2) is 12.9. The van der Waals surface area contributed by atoms with E-state index in [2.05, 4.69) is 137 Å². The van der Waals surface area contributed by atoms with Crippen LogP contribution in [0.1, 0.15) is 54.2 Å². The third kappa shape index (κ3) is 6.08. The number of halogens is 3. The van der Waals surface area contributed by atoms with E-state index in [1.807, 2.05) is 0 Å². The molecular weight excluding hydrogens is 567 g/mol. The van der Waals surface area contributed by atoms with Gasteiger partial charge in [-0.3, -0.25) is 0 Å². The normalized spacial score (nSPS) is 15.3. The van der Waals surface area contributed by atoms with Gasteiger partial charge in [-0.15, -0.1) is 0 Å². The van der Waals surface area contributed by atoms with E-state index >= 15 is 0 Å². The monoisotopic (exact) mass is 602 g/mol. The third-order valence-electron chi connectivity index (χ3n) is 7.60. The number of aryl methyl sites for hydroxylation is 6. The van der Waals surface area contributed by atoms with Crippen LogP contribution in [0.15, 0.2) is 74.8 Å². The Morgan fingerprint density at radius 2 is 0.757 bits per heavy atom. The molecule has 0 saturated carbocycles. The van der Waals surface area contributed by atoms with Crippen LogP contribution in [0, 0.1) is 47.5 Å². The van der Waals surface area contributed by atoms with Crippen LogP contribution in [-0.4, -0.2) is 8.07 Å². The summed E-state index contributed by atoms with van der Waals surface area (Å²) in [7, 11) is -2.55. The average molecular weight is 604 g/mol. The standard InChI is InChI=1S/C32H37Si.3ClH.Ti/c1-20-10-21(2)14-29(13-20)33(30-15-22(3)11-23(4)16-30,31-17-24(5)12-25(6)18-31)32-27(8)19-26(7)28(32)9;;;;/h10-18,27H,1-9H3;3*1H;/q;;;;+3/p-3. The van der Waals surface area contributed by atoms with Crippen molar-refractivity contribution in [1.29, 1.82) is 0 Å². The zero-order valence-electron chi connectivity index (χ0n) is 23.4. The molecule has 194 valence electrons. The van der Waals surface area contributed by atoms with Crippen molar-refractivity contribution < 1.29 is 57.7 Å². The van der Waals surface area contributed by atoms with E-state index in [-0.39, 0.29) is 37.2 Å². The van der Waals surface area contributed by atoms with Crippen molar-refractivity contribution >= 4 is 23.6 Å². The Morgan fingerprint density at radius 3 is 0.973 bits per heavy atom. The number of rotatable bonds is 4. The molecule has 3 aromatic rings. The minimum atomic E-state index is -2.55. The molecule has 1 atom stereocenters. The summed E-state index contributed by atoms with van der Waals surface area (Å²) in [5.74, 6) is 0.439. The van der Waals surface area contributed by atoms with E-state index < -0.39 is 8.07 Å². The van der Waals surface area contributed by atoms with Gasteiger partial charge >= 0.3 is 220 Å². The van der Waals surface area contributed by atoms with Crippen molar-refractivity contribution in [2.45, 2.75) is 62.3 Å². The molecule has 0 saturated heterocycles. The van der Waals surface area contributed by atoms with Crippen LogP contribution in [0.3, 0.4) is 0 Å². The maximum atomic E-state index is 2.49. The first-order chi connectivity index (χ1) is 15.9. The smallest absolute Gasteiger partial charge is 1.00 e. The van der Waals surface area contributed by atoms with Crippen LogP contribution in [0.25, 0.3) is 0 Å². The van der Waals surface area contributed by atoms with Gasteiger partial charge in [0.1, 0.15) is 0 Å². The Kier molecular flexibility index (Phi) is 11.8. The fourth-order valence-electron chi connectivity index (χ4n) is 6.34. The summed E-state index contributed by atoms with van der Waals surface area (Å²) in [6.07, 6.45) is 0. The largest absolute Gasteiger partial charge is 1.00 e.